The van der Waals surface area contributed by atoms with Gasteiger partial charge in [0.2, 0.25) is 5.96 Å². The minimum atomic E-state index is 0.587. The van der Waals surface area contributed by atoms with Crippen molar-refractivity contribution in [2.45, 2.75) is 0 Å². The molecule has 0 aliphatic rings. The summed E-state index contributed by atoms with van der Waals surface area (Å²) >= 11 is 0. The van der Waals surface area contributed by atoms with Crippen molar-refractivity contribution in [3.63, 3.8) is 0 Å². The highest BCUT2D eigenvalue weighted by atomic mass is 16.5. The van der Waals surface area contributed by atoms with E-state index in [1.165, 1.54) is 0 Å². The normalized spacial score (nSPS) is 11.6. The van der Waals surface area contributed by atoms with E-state index in [9.17, 15) is 0 Å². The second kappa shape index (κ2) is 8.74. The van der Waals surface area contributed by atoms with Crippen molar-refractivity contribution in [2.24, 2.45) is 10.8 Å². The van der Waals surface area contributed by atoms with Crippen molar-refractivity contribution in [2.75, 3.05) is 47.6 Å². The Morgan fingerprint density at radius 2 is 2.00 bits per heavy atom. The van der Waals surface area contributed by atoms with Gasteiger partial charge in [-0.05, 0) is 0 Å². The van der Waals surface area contributed by atoms with Crippen LogP contribution in [-0.4, -0.2) is 58.4 Å². The quantitative estimate of drug-likeness (QED) is 0.191. The average Bonchev–Trinajstić information content (AvgIpc) is 2.21. The highest BCUT2D eigenvalue weighted by Gasteiger charge is 2.02. The molecule has 3 N–H and O–H groups in total. The lowest BCUT2D eigenvalue weighted by molar-refractivity contribution is 0.181. The van der Waals surface area contributed by atoms with E-state index in [1.54, 1.807) is 14.2 Å². The molecule has 0 aromatic heterocycles. The van der Waals surface area contributed by atoms with Gasteiger partial charge < -0.3 is 14.4 Å². The van der Waals surface area contributed by atoms with Crippen molar-refractivity contribution in [3.05, 3.63) is 0 Å². The number of nitrogens with two attached hydrogens (primary N) is 1. The topological polar surface area (TPSA) is 72.1 Å². The summed E-state index contributed by atoms with van der Waals surface area (Å²) in [5.41, 5.74) is 2.53. The Labute approximate surface area is 85.0 Å². The summed E-state index contributed by atoms with van der Waals surface area (Å²) in [6, 6.07) is 0. The molecule has 0 fully saturated rings. The minimum Gasteiger partial charge on any atom is -0.383 e. The van der Waals surface area contributed by atoms with E-state index in [0.717, 1.165) is 6.54 Å². The van der Waals surface area contributed by atoms with E-state index in [-0.39, 0.29) is 0 Å². The first-order chi connectivity index (χ1) is 6.76. The lowest BCUT2D eigenvalue weighted by atomic mass is 10.6. The Hall–Kier alpha value is -0.850. The smallest absolute Gasteiger partial charge is 0.208 e. The predicted molar refractivity (Wildman–Crippen MR) is 56.0 cm³/mol. The maximum Gasteiger partial charge on any atom is 0.208 e. The fourth-order valence-electron chi connectivity index (χ4n) is 0.853. The van der Waals surface area contributed by atoms with E-state index in [2.05, 4.69) is 10.4 Å². The second-order valence-electron chi connectivity index (χ2n) is 2.76. The number of nitrogens with zero attached hydrogens (tertiary/aromatic N) is 2. The Bertz CT molecular complexity index is 163. The number of hydrazine groups is 1. The molecule has 6 nitrogen and oxygen atoms in total. The standard InChI is InChI=1S/C8H20N4O2/c1-12(5-7-14-3)8(11-9)10-4-6-13-2/h4-7,9H2,1-3H3,(H,10,11). The number of guanidine groups is 1. The molecule has 14 heavy (non-hydrogen) atoms. The molecule has 0 heterocycles. The molecule has 0 amide bonds. The van der Waals surface area contributed by atoms with Gasteiger partial charge in [-0.2, -0.15) is 0 Å². The van der Waals surface area contributed by atoms with Crippen molar-refractivity contribution >= 4 is 5.96 Å². The molecule has 0 spiro atoms. The molecule has 0 atom stereocenters. The number of methoxy groups -OCH3 is 2. The van der Waals surface area contributed by atoms with Crippen LogP contribution < -0.4 is 11.3 Å². The van der Waals surface area contributed by atoms with Crippen LogP contribution in [0.4, 0.5) is 0 Å². The summed E-state index contributed by atoms with van der Waals surface area (Å²) < 4.78 is 9.82. The third kappa shape index (κ3) is 5.74. The molecule has 0 aromatic carbocycles. The molecule has 0 radical (unpaired) electrons. The fourth-order valence-corrected chi connectivity index (χ4v) is 0.853. The molecule has 0 rings (SSSR count). The molecular weight excluding hydrogens is 184 g/mol. The van der Waals surface area contributed by atoms with Crippen molar-refractivity contribution < 1.29 is 9.47 Å². The Kier molecular flexibility index (Phi) is 8.20. The number of rotatable bonds is 6. The Morgan fingerprint density at radius 3 is 2.50 bits per heavy atom. The average molecular weight is 204 g/mol. The van der Waals surface area contributed by atoms with E-state index < -0.39 is 0 Å². The third-order valence-electron chi connectivity index (χ3n) is 1.68. The number of likely N-dealkylation sites (N-methyl/N-ethyl adjacent to an activating group) is 1. The summed E-state index contributed by atoms with van der Waals surface area (Å²) in [6.45, 7) is 2.56. The van der Waals surface area contributed by atoms with Gasteiger partial charge in [-0.25, -0.2) is 10.8 Å². The van der Waals surface area contributed by atoms with Gasteiger partial charge in [-0.3, -0.25) is 5.43 Å². The lowest BCUT2D eigenvalue weighted by Crippen LogP contribution is -2.44. The zero-order chi connectivity index (χ0) is 10.8. The van der Waals surface area contributed by atoms with Crippen LogP contribution in [0.1, 0.15) is 0 Å². The van der Waals surface area contributed by atoms with Crippen LogP contribution in [0.25, 0.3) is 0 Å². The molecule has 0 saturated heterocycles. The zero-order valence-corrected chi connectivity index (χ0v) is 9.12. The largest absolute Gasteiger partial charge is 0.383 e. The Balaban J connectivity index is 3.90. The number of ether oxygens (including phenoxy) is 2. The molecule has 0 aliphatic carbocycles. The number of hydrogen-bond acceptors (Lipinski definition) is 4. The molecule has 84 valence electrons. The summed E-state index contributed by atoms with van der Waals surface area (Å²) in [4.78, 5) is 6.10. The van der Waals surface area contributed by atoms with Gasteiger partial charge in [0.05, 0.1) is 19.8 Å². The van der Waals surface area contributed by atoms with Crippen LogP contribution in [0.15, 0.2) is 4.99 Å². The molecule has 0 bridgehead atoms. The monoisotopic (exact) mass is 204 g/mol. The number of nitrogens with one attached hydrogen (secondary N) is 1. The van der Waals surface area contributed by atoms with E-state index >= 15 is 0 Å². The van der Waals surface area contributed by atoms with Crippen LogP contribution in [0.3, 0.4) is 0 Å². The van der Waals surface area contributed by atoms with Crippen LogP contribution in [0.5, 0.6) is 0 Å². The summed E-state index contributed by atoms with van der Waals surface area (Å²) in [5.74, 6) is 5.96. The molecule has 0 unspecified atom stereocenters. The van der Waals surface area contributed by atoms with Crippen molar-refractivity contribution in [1.82, 2.24) is 10.3 Å². The van der Waals surface area contributed by atoms with E-state index in [1.807, 2.05) is 11.9 Å². The lowest BCUT2D eigenvalue weighted by Gasteiger charge is -2.19. The number of aliphatic imine (C=N–C) groups is 1. The molecule has 0 aliphatic heterocycles. The van der Waals surface area contributed by atoms with Gasteiger partial charge in [0, 0.05) is 27.8 Å². The summed E-state index contributed by atoms with van der Waals surface area (Å²) in [5, 5.41) is 0. The van der Waals surface area contributed by atoms with Gasteiger partial charge in [-0.1, -0.05) is 0 Å². The summed E-state index contributed by atoms with van der Waals surface area (Å²) in [7, 11) is 5.19. The number of hydrogen-bond donors (Lipinski definition) is 2. The van der Waals surface area contributed by atoms with Crippen LogP contribution in [0.2, 0.25) is 0 Å². The van der Waals surface area contributed by atoms with Gasteiger partial charge in [0.15, 0.2) is 0 Å². The maximum atomic E-state index is 5.32. The van der Waals surface area contributed by atoms with Crippen LogP contribution >= 0.6 is 0 Å². The minimum absolute atomic E-state index is 0.587. The molecule has 0 aromatic rings. The highest BCUT2D eigenvalue weighted by Crippen LogP contribution is 1.85. The first kappa shape index (κ1) is 13.2. The van der Waals surface area contributed by atoms with Crippen LogP contribution in [-0.2, 0) is 9.47 Å². The second-order valence-corrected chi connectivity index (χ2v) is 2.76. The summed E-state index contributed by atoms with van der Waals surface area (Å²) in [6.07, 6.45) is 0. The molecule has 0 saturated carbocycles. The first-order valence-electron chi connectivity index (χ1n) is 4.46. The van der Waals surface area contributed by atoms with Crippen molar-refractivity contribution in [1.29, 1.82) is 0 Å². The van der Waals surface area contributed by atoms with E-state index in [4.69, 9.17) is 15.3 Å². The SMILES string of the molecule is COCCN=C(NN)N(C)CCOC. The van der Waals surface area contributed by atoms with Crippen molar-refractivity contribution in [3.8, 4) is 0 Å². The van der Waals surface area contributed by atoms with E-state index in [0.29, 0.717) is 25.7 Å². The first-order valence-corrected chi connectivity index (χ1v) is 4.46. The fraction of sp³-hybridized carbons (Fsp3) is 0.875. The van der Waals surface area contributed by atoms with Gasteiger partial charge >= 0.3 is 0 Å². The third-order valence-corrected chi connectivity index (χ3v) is 1.68. The Morgan fingerprint density at radius 1 is 1.36 bits per heavy atom. The maximum absolute atomic E-state index is 5.32. The highest BCUT2D eigenvalue weighted by molar-refractivity contribution is 5.79. The molecular formula is C8H20N4O2. The molecule has 6 heteroatoms. The zero-order valence-electron chi connectivity index (χ0n) is 9.12. The predicted octanol–water partition coefficient (Wildman–Crippen LogP) is -0.970. The van der Waals surface area contributed by atoms with Crippen LogP contribution in [0, 0.1) is 0 Å². The van der Waals surface area contributed by atoms with Gasteiger partial charge in [-0.15, -0.1) is 0 Å². The van der Waals surface area contributed by atoms with Gasteiger partial charge in [0.1, 0.15) is 0 Å². The van der Waals surface area contributed by atoms with Gasteiger partial charge in [0.25, 0.3) is 0 Å².